The van der Waals surface area contributed by atoms with Gasteiger partial charge in [0.25, 0.3) is 8.32 Å². The van der Waals surface area contributed by atoms with Crippen molar-refractivity contribution in [3.63, 3.8) is 0 Å². The summed E-state index contributed by atoms with van der Waals surface area (Å²) in [5, 5.41) is 1.92. The molecule has 0 unspecified atom stereocenters. The Morgan fingerprint density at radius 3 is 1.47 bits per heavy atom. The Balaban J connectivity index is 1.57. The van der Waals surface area contributed by atoms with E-state index in [0.717, 1.165) is 21.5 Å². The fraction of sp³-hybridized carbons (Fsp3) is 0.350. The van der Waals surface area contributed by atoms with Crippen molar-refractivity contribution in [3.05, 3.63) is 132 Å². The number of ether oxygens (including phenoxy) is 5. The van der Waals surface area contributed by atoms with Gasteiger partial charge < -0.3 is 28.1 Å². The molecule has 258 valence electrons. The average Bonchev–Trinajstić information content (AvgIpc) is 3.09. The highest BCUT2D eigenvalue weighted by molar-refractivity contribution is 6.99. The molecule has 9 heteroatoms. The van der Waals surface area contributed by atoms with E-state index in [4.69, 9.17) is 28.1 Å². The normalized spacial score (nSPS) is 21.1. The molecule has 0 N–H and O–H groups in total. The first kappa shape index (κ1) is 36.2. The number of carbonyl (C=O) groups excluding carboxylic acids is 2. The molecule has 5 rings (SSSR count). The van der Waals surface area contributed by atoms with E-state index in [1.807, 2.05) is 97.1 Å². The molecule has 8 nitrogen and oxygen atoms in total. The van der Waals surface area contributed by atoms with E-state index < -0.39 is 51.0 Å². The summed E-state index contributed by atoms with van der Waals surface area (Å²) in [7, 11) is -3.01. The second-order valence-corrected chi connectivity index (χ2v) is 17.5. The summed E-state index contributed by atoms with van der Waals surface area (Å²) < 4.78 is 38.6. The molecule has 0 spiro atoms. The summed E-state index contributed by atoms with van der Waals surface area (Å²) in [6, 6.07) is 40.1. The van der Waals surface area contributed by atoms with Crippen LogP contribution in [0.1, 0.15) is 45.7 Å². The predicted octanol–water partition coefficient (Wildman–Crippen LogP) is 5.95. The standard InChI is InChI=1S/C40H46O8Si/c1-29(41)46-38-37(44-27-32-20-12-7-13-21-32)36(43-26-31-18-10-6-11-19-31)35(48-39(38)47-30(2)42)28-45-49(40(3,4)5,33-22-14-8-15-23-33)34-24-16-9-17-25-34/h6-25,35-39H,26-28H2,1-5H3/t35-,36-,37+,38+,39+/m1/s1. The summed E-state index contributed by atoms with van der Waals surface area (Å²) in [5.41, 5.74) is 1.86. The van der Waals surface area contributed by atoms with Crippen LogP contribution in [-0.4, -0.2) is 57.6 Å². The molecular formula is C40H46O8Si. The monoisotopic (exact) mass is 682 g/mol. The lowest BCUT2D eigenvalue weighted by Gasteiger charge is -2.47. The molecule has 0 radical (unpaired) electrons. The third-order valence-electron chi connectivity index (χ3n) is 8.63. The highest BCUT2D eigenvalue weighted by atomic mass is 28.4. The summed E-state index contributed by atoms with van der Waals surface area (Å²) in [6.07, 6.45) is -4.79. The molecule has 5 atom stereocenters. The number of hydrogen-bond donors (Lipinski definition) is 0. The minimum atomic E-state index is -3.01. The van der Waals surface area contributed by atoms with Crippen LogP contribution in [0.15, 0.2) is 121 Å². The molecule has 1 saturated heterocycles. The molecule has 0 aromatic heterocycles. The fourth-order valence-corrected chi connectivity index (χ4v) is 11.1. The average molecular weight is 683 g/mol. The van der Waals surface area contributed by atoms with Crippen LogP contribution in [0.25, 0.3) is 0 Å². The van der Waals surface area contributed by atoms with Gasteiger partial charge in [-0.1, -0.05) is 142 Å². The predicted molar refractivity (Wildman–Crippen MR) is 190 cm³/mol. The Morgan fingerprint density at radius 1 is 0.612 bits per heavy atom. The number of esters is 2. The van der Waals surface area contributed by atoms with Crippen LogP contribution in [0.5, 0.6) is 0 Å². The van der Waals surface area contributed by atoms with E-state index in [1.54, 1.807) is 0 Å². The molecule has 0 aliphatic carbocycles. The topological polar surface area (TPSA) is 89.5 Å². The van der Waals surface area contributed by atoms with Gasteiger partial charge in [-0.15, -0.1) is 0 Å². The van der Waals surface area contributed by atoms with Crippen molar-refractivity contribution in [3.8, 4) is 0 Å². The van der Waals surface area contributed by atoms with Crippen molar-refractivity contribution in [2.45, 2.75) is 83.6 Å². The molecule has 49 heavy (non-hydrogen) atoms. The van der Waals surface area contributed by atoms with Gasteiger partial charge in [-0.05, 0) is 26.5 Å². The van der Waals surface area contributed by atoms with Crippen LogP contribution >= 0.6 is 0 Å². The van der Waals surface area contributed by atoms with E-state index in [0.29, 0.717) is 0 Å². The van der Waals surface area contributed by atoms with Crippen molar-refractivity contribution in [2.75, 3.05) is 6.61 Å². The zero-order valence-corrected chi connectivity index (χ0v) is 29.8. The van der Waals surface area contributed by atoms with Gasteiger partial charge >= 0.3 is 11.9 Å². The van der Waals surface area contributed by atoms with Gasteiger partial charge in [0.1, 0.15) is 18.3 Å². The van der Waals surface area contributed by atoms with Gasteiger partial charge in [0, 0.05) is 13.8 Å². The third-order valence-corrected chi connectivity index (χ3v) is 13.6. The van der Waals surface area contributed by atoms with Crippen LogP contribution < -0.4 is 10.4 Å². The maximum Gasteiger partial charge on any atom is 0.305 e. The van der Waals surface area contributed by atoms with Gasteiger partial charge in [-0.25, -0.2) is 0 Å². The zero-order valence-electron chi connectivity index (χ0n) is 28.8. The second-order valence-electron chi connectivity index (χ2n) is 13.2. The first-order valence-electron chi connectivity index (χ1n) is 16.6. The highest BCUT2D eigenvalue weighted by Crippen LogP contribution is 2.38. The van der Waals surface area contributed by atoms with Gasteiger partial charge in [0.05, 0.1) is 19.8 Å². The SMILES string of the molecule is CC(=O)O[C@H]1O[C@H](CO[Si](c2ccccc2)(c2ccccc2)C(C)(C)C)[C@@H](OCc2ccccc2)[C@H](OCc2ccccc2)[C@@H]1OC(C)=O. The molecule has 1 aliphatic heterocycles. The van der Waals surface area contributed by atoms with Crippen LogP contribution in [0.3, 0.4) is 0 Å². The lowest BCUT2D eigenvalue weighted by atomic mass is 9.98. The number of rotatable bonds is 13. The van der Waals surface area contributed by atoms with Crippen molar-refractivity contribution in [1.29, 1.82) is 0 Å². The minimum absolute atomic E-state index is 0.0858. The van der Waals surface area contributed by atoms with Crippen molar-refractivity contribution in [1.82, 2.24) is 0 Å². The third kappa shape index (κ3) is 8.92. The summed E-state index contributed by atoms with van der Waals surface area (Å²) in [6.45, 7) is 9.72. The molecular weight excluding hydrogens is 637 g/mol. The summed E-state index contributed by atoms with van der Waals surface area (Å²) >= 11 is 0. The smallest absolute Gasteiger partial charge is 0.305 e. The van der Waals surface area contributed by atoms with Crippen LogP contribution in [0, 0.1) is 0 Å². The van der Waals surface area contributed by atoms with E-state index >= 15 is 0 Å². The first-order chi connectivity index (χ1) is 23.6. The van der Waals surface area contributed by atoms with Crippen molar-refractivity contribution < 1.29 is 37.7 Å². The molecule has 4 aromatic rings. The Bertz CT molecular complexity index is 1570. The van der Waals surface area contributed by atoms with Crippen LogP contribution in [-0.2, 0) is 50.9 Å². The van der Waals surface area contributed by atoms with E-state index in [1.165, 1.54) is 13.8 Å². The molecule has 1 heterocycles. The van der Waals surface area contributed by atoms with E-state index in [-0.39, 0.29) is 24.9 Å². The van der Waals surface area contributed by atoms with Crippen molar-refractivity contribution >= 4 is 30.6 Å². The maximum absolute atomic E-state index is 12.5. The molecule has 4 aromatic carbocycles. The quantitative estimate of drug-likeness (QED) is 0.126. The van der Waals surface area contributed by atoms with E-state index in [2.05, 4.69) is 45.0 Å². The Hall–Kier alpha value is -4.12. The first-order valence-corrected chi connectivity index (χ1v) is 18.6. The van der Waals surface area contributed by atoms with Crippen LogP contribution in [0.4, 0.5) is 0 Å². The highest BCUT2D eigenvalue weighted by Gasteiger charge is 2.54. The Labute approximate surface area is 290 Å². The molecule has 0 bridgehead atoms. The van der Waals surface area contributed by atoms with Crippen LogP contribution in [0.2, 0.25) is 5.04 Å². The van der Waals surface area contributed by atoms with Gasteiger partial charge in [-0.2, -0.15) is 0 Å². The summed E-state index contributed by atoms with van der Waals surface area (Å²) in [4.78, 5) is 24.9. The number of benzene rings is 4. The maximum atomic E-state index is 12.5. The Kier molecular flexibility index (Phi) is 12.2. The molecule has 0 saturated carbocycles. The van der Waals surface area contributed by atoms with Gasteiger partial charge in [0.15, 0.2) is 6.10 Å². The van der Waals surface area contributed by atoms with E-state index in [9.17, 15) is 9.59 Å². The minimum Gasteiger partial charge on any atom is -0.453 e. The molecule has 0 amide bonds. The number of hydrogen-bond acceptors (Lipinski definition) is 8. The van der Waals surface area contributed by atoms with Gasteiger partial charge in [0.2, 0.25) is 6.29 Å². The molecule has 1 fully saturated rings. The largest absolute Gasteiger partial charge is 0.453 e. The lowest BCUT2D eigenvalue weighted by Crippen LogP contribution is -2.68. The Morgan fingerprint density at radius 2 is 1.04 bits per heavy atom. The number of carbonyl (C=O) groups is 2. The summed E-state index contributed by atoms with van der Waals surface area (Å²) in [5.74, 6) is -1.15. The zero-order chi connectivity index (χ0) is 34.9. The molecule has 1 aliphatic rings. The fourth-order valence-electron chi connectivity index (χ4n) is 6.48. The van der Waals surface area contributed by atoms with Gasteiger partial charge in [-0.3, -0.25) is 9.59 Å². The lowest BCUT2D eigenvalue weighted by molar-refractivity contribution is -0.310. The van der Waals surface area contributed by atoms with Crippen molar-refractivity contribution in [2.24, 2.45) is 0 Å². The second kappa shape index (κ2) is 16.5.